The Labute approximate surface area is 207 Å². The number of carbonyl (C=O) groups excluding carboxylic acids is 2. The van der Waals surface area contributed by atoms with E-state index in [1.807, 2.05) is 56.3 Å². The van der Waals surface area contributed by atoms with E-state index in [1.54, 1.807) is 16.2 Å². The average molecular weight is 504 g/mol. The summed E-state index contributed by atoms with van der Waals surface area (Å²) in [6, 6.07) is 17.4. The van der Waals surface area contributed by atoms with Gasteiger partial charge in [-0.3, -0.25) is 4.79 Å². The Hall–Kier alpha value is -3.33. The predicted octanol–water partition coefficient (Wildman–Crippen LogP) is 6.55. The van der Waals surface area contributed by atoms with Crippen LogP contribution in [0.1, 0.15) is 34.2 Å². The number of alkyl halides is 3. The molecule has 2 aromatic carbocycles. The molecular weight excluding hydrogens is 475 g/mol. The third-order valence-corrected chi connectivity index (χ3v) is 6.25. The topological polar surface area (TPSA) is 52.7 Å². The highest BCUT2D eigenvalue weighted by molar-refractivity contribution is 7.11. The zero-order valence-electron chi connectivity index (χ0n) is 19.6. The van der Waals surface area contributed by atoms with Crippen LogP contribution in [0.5, 0.6) is 0 Å². The zero-order valence-corrected chi connectivity index (χ0v) is 20.5. The lowest BCUT2D eigenvalue weighted by molar-refractivity contribution is -0.137. The van der Waals surface area contributed by atoms with Gasteiger partial charge in [0.05, 0.1) is 12.1 Å². The molecule has 0 saturated heterocycles. The van der Waals surface area contributed by atoms with Crippen LogP contribution in [0.4, 0.5) is 23.7 Å². The van der Waals surface area contributed by atoms with Gasteiger partial charge in [-0.05, 0) is 49.2 Å². The number of amides is 3. The van der Waals surface area contributed by atoms with Crippen LogP contribution in [0, 0.1) is 6.92 Å². The van der Waals surface area contributed by atoms with Crippen LogP contribution in [-0.4, -0.2) is 34.8 Å². The number of aryl methyl sites for hydroxylation is 1. The summed E-state index contributed by atoms with van der Waals surface area (Å²) in [4.78, 5) is 31.5. The summed E-state index contributed by atoms with van der Waals surface area (Å²) in [5, 5.41) is 2.50. The number of nitrogens with zero attached hydrogens (tertiary/aromatic N) is 2. The average Bonchev–Trinajstić information content (AvgIpc) is 3.23. The number of halogens is 3. The van der Waals surface area contributed by atoms with Gasteiger partial charge in [0.1, 0.15) is 6.54 Å². The van der Waals surface area contributed by atoms with E-state index < -0.39 is 17.8 Å². The molecule has 0 saturated carbocycles. The lowest BCUT2D eigenvalue weighted by atomic mass is 10.2. The van der Waals surface area contributed by atoms with Gasteiger partial charge in [-0.2, -0.15) is 13.2 Å². The van der Waals surface area contributed by atoms with Gasteiger partial charge in [0, 0.05) is 28.5 Å². The summed E-state index contributed by atoms with van der Waals surface area (Å²) in [5.74, 6) is -0.243. The minimum atomic E-state index is -4.52. The highest BCUT2D eigenvalue weighted by Crippen LogP contribution is 2.30. The highest BCUT2D eigenvalue weighted by atomic mass is 32.1. The molecule has 0 unspecified atom stereocenters. The van der Waals surface area contributed by atoms with Crippen molar-refractivity contribution >= 4 is 29.0 Å². The summed E-state index contributed by atoms with van der Waals surface area (Å²) in [6.07, 6.45) is -3.93. The molecule has 1 heterocycles. The first-order valence-corrected chi connectivity index (χ1v) is 12.1. The molecule has 0 bridgehead atoms. The number of anilines is 1. The Morgan fingerprint density at radius 3 is 2.31 bits per heavy atom. The fraction of sp³-hybridized carbons (Fsp3) is 0.308. The minimum Gasteiger partial charge on any atom is -0.332 e. The number of thiophene rings is 1. The minimum absolute atomic E-state index is 0.0218. The molecule has 0 radical (unpaired) electrons. The maximum absolute atomic E-state index is 13.3. The smallest absolute Gasteiger partial charge is 0.332 e. The van der Waals surface area contributed by atoms with E-state index >= 15 is 0 Å². The molecule has 0 spiro atoms. The summed E-state index contributed by atoms with van der Waals surface area (Å²) in [6.45, 7) is 4.75. The van der Waals surface area contributed by atoms with E-state index in [2.05, 4.69) is 5.32 Å². The number of hydrogen-bond acceptors (Lipinski definition) is 3. The third kappa shape index (κ3) is 7.85. The second-order valence-electron chi connectivity index (χ2n) is 8.18. The Balaban J connectivity index is 1.75. The standard InChI is InChI=1S/C26H28F3N3O2S/c1-3-14-31(25(34)30-22-11-7-10-21(15-22)26(27,28)29)18-24(33)32(16-20-8-5-4-6-9-20)17-23-13-12-19(2)35-23/h4-13,15H,3,14,16-18H2,1-2H3,(H,30,34). The van der Waals surface area contributed by atoms with Gasteiger partial charge in [-0.25, -0.2) is 4.79 Å². The molecule has 1 aromatic heterocycles. The second-order valence-corrected chi connectivity index (χ2v) is 9.55. The number of carbonyl (C=O) groups is 2. The van der Waals surface area contributed by atoms with Gasteiger partial charge >= 0.3 is 12.2 Å². The summed E-state index contributed by atoms with van der Waals surface area (Å²) >= 11 is 1.61. The maximum Gasteiger partial charge on any atom is 0.416 e. The van der Waals surface area contributed by atoms with Gasteiger partial charge in [0.15, 0.2) is 0 Å². The van der Waals surface area contributed by atoms with Crippen LogP contribution in [0.25, 0.3) is 0 Å². The van der Waals surface area contributed by atoms with Crippen molar-refractivity contribution in [2.45, 2.75) is 39.5 Å². The number of hydrogen-bond donors (Lipinski definition) is 1. The molecule has 0 aliphatic rings. The van der Waals surface area contributed by atoms with Crippen LogP contribution in [0.3, 0.4) is 0 Å². The fourth-order valence-corrected chi connectivity index (χ4v) is 4.46. The van der Waals surface area contributed by atoms with Gasteiger partial charge in [-0.15, -0.1) is 11.3 Å². The van der Waals surface area contributed by atoms with Gasteiger partial charge in [-0.1, -0.05) is 43.3 Å². The van der Waals surface area contributed by atoms with Gasteiger partial charge in [0.2, 0.25) is 5.91 Å². The van der Waals surface area contributed by atoms with Crippen LogP contribution >= 0.6 is 11.3 Å². The molecule has 3 aromatic rings. The summed E-state index contributed by atoms with van der Waals surface area (Å²) in [7, 11) is 0. The number of urea groups is 1. The lowest BCUT2D eigenvalue weighted by Gasteiger charge is -2.27. The Kier molecular flexibility index (Phi) is 8.92. The van der Waals surface area contributed by atoms with E-state index in [4.69, 9.17) is 0 Å². The van der Waals surface area contributed by atoms with Crippen molar-refractivity contribution in [3.05, 3.63) is 87.6 Å². The first-order chi connectivity index (χ1) is 16.7. The number of rotatable bonds is 9. The number of nitrogens with one attached hydrogen (secondary N) is 1. The van der Waals surface area contributed by atoms with Crippen LogP contribution in [-0.2, 0) is 24.1 Å². The Bertz CT molecular complexity index is 1130. The second kappa shape index (κ2) is 11.9. The number of benzene rings is 2. The summed E-state index contributed by atoms with van der Waals surface area (Å²) < 4.78 is 39.1. The zero-order chi connectivity index (χ0) is 25.4. The lowest BCUT2D eigenvalue weighted by Crippen LogP contribution is -2.44. The van der Waals surface area contributed by atoms with Crippen molar-refractivity contribution in [3.8, 4) is 0 Å². The quantitative estimate of drug-likeness (QED) is 0.360. The third-order valence-electron chi connectivity index (χ3n) is 5.26. The molecule has 1 N–H and O–H groups in total. The Morgan fingerprint density at radius 1 is 0.943 bits per heavy atom. The maximum atomic E-state index is 13.3. The van der Waals surface area contributed by atoms with Crippen molar-refractivity contribution in [2.75, 3.05) is 18.4 Å². The van der Waals surface area contributed by atoms with Crippen LogP contribution < -0.4 is 5.32 Å². The first kappa shape index (κ1) is 26.3. The van der Waals surface area contributed by atoms with Crippen LogP contribution in [0.2, 0.25) is 0 Å². The van der Waals surface area contributed by atoms with Crippen molar-refractivity contribution in [1.29, 1.82) is 0 Å². The van der Waals surface area contributed by atoms with E-state index in [0.717, 1.165) is 27.5 Å². The van der Waals surface area contributed by atoms with E-state index in [0.29, 0.717) is 19.5 Å². The largest absolute Gasteiger partial charge is 0.416 e. The van der Waals surface area contributed by atoms with Crippen molar-refractivity contribution in [1.82, 2.24) is 9.80 Å². The van der Waals surface area contributed by atoms with E-state index in [-0.39, 0.29) is 24.7 Å². The fourth-order valence-electron chi connectivity index (χ4n) is 3.56. The molecule has 0 aliphatic heterocycles. The monoisotopic (exact) mass is 503 g/mol. The van der Waals surface area contributed by atoms with E-state index in [1.165, 1.54) is 17.0 Å². The predicted molar refractivity (Wildman–Crippen MR) is 132 cm³/mol. The molecule has 3 amide bonds. The molecule has 0 atom stereocenters. The van der Waals surface area contributed by atoms with Crippen molar-refractivity contribution in [2.24, 2.45) is 0 Å². The van der Waals surface area contributed by atoms with Gasteiger partial charge < -0.3 is 15.1 Å². The molecule has 0 fully saturated rings. The molecular formula is C26H28F3N3O2S. The van der Waals surface area contributed by atoms with E-state index in [9.17, 15) is 22.8 Å². The molecule has 0 aliphatic carbocycles. The normalized spacial score (nSPS) is 11.2. The van der Waals surface area contributed by atoms with Gasteiger partial charge in [0.25, 0.3) is 0 Å². The summed E-state index contributed by atoms with van der Waals surface area (Å²) in [5.41, 5.74) is 0.131. The van der Waals surface area contributed by atoms with Crippen molar-refractivity contribution < 1.29 is 22.8 Å². The van der Waals surface area contributed by atoms with Crippen molar-refractivity contribution in [3.63, 3.8) is 0 Å². The molecule has 186 valence electrons. The van der Waals surface area contributed by atoms with Crippen LogP contribution in [0.15, 0.2) is 66.7 Å². The molecule has 3 rings (SSSR count). The molecule has 5 nitrogen and oxygen atoms in total. The molecule has 9 heteroatoms. The SMILES string of the molecule is CCCN(CC(=O)N(Cc1ccccc1)Cc1ccc(C)s1)C(=O)Nc1cccc(C(F)(F)F)c1. The highest BCUT2D eigenvalue weighted by Gasteiger charge is 2.30. The Morgan fingerprint density at radius 2 is 1.69 bits per heavy atom. The first-order valence-electron chi connectivity index (χ1n) is 11.3. The molecule has 35 heavy (non-hydrogen) atoms.